The summed E-state index contributed by atoms with van der Waals surface area (Å²) >= 11 is 2.23. The largest absolute Gasteiger partial charge is 0.326 e. The third-order valence-corrected chi connectivity index (χ3v) is 4.44. The first kappa shape index (κ1) is 16.6. The van der Waals surface area contributed by atoms with E-state index in [0.29, 0.717) is 17.4 Å². The van der Waals surface area contributed by atoms with Crippen LogP contribution in [0.4, 0.5) is 5.69 Å². The Bertz CT molecular complexity index is 966. The predicted octanol–water partition coefficient (Wildman–Crippen LogP) is 3.34. The van der Waals surface area contributed by atoms with Gasteiger partial charge in [0, 0.05) is 22.2 Å². The van der Waals surface area contributed by atoms with Crippen LogP contribution in [0.3, 0.4) is 0 Å². The Kier molecular flexibility index (Phi) is 4.94. The first-order valence-corrected chi connectivity index (χ1v) is 8.62. The molecule has 0 aliphatic rings. The summed E-state index contributed by atoms with van der Waals surface area (Å²) in [4.78, 5) is 28.8. The van der Waals surface area contributed by atoms with Crippen LogP contribution in [-0.4, -0.2) is 15.5 Å². The monoisotopic (exact) mass is 433 g/mol. The normalized spacial score (nSPS) is 10.8. The first-order valence-electron chi connectivity index (χ1n) is 7.55. The molecule has 0 fully saturated rings. The van der Waals surface area contributed by atoms with Crippen LogP contribution in [0.1, 0.15) is 12.0 Å². The van der Waals surface area contributed by atoms with Gasteiger partial charge < -0.3 is 5.32 Å². The number of benzene rings is 2. The molecular weight excluding hydrogens is 417 g/mol. The fourth-order valence-corrected chi connectivity index (χ4v) is 3.11. The molecule has 0 unspecified atom stereocenters. The summed E-state index contributed by atoms with van der Waals surface area (Å²) in [5.41, 5.74) is 2.35. The summed E-state index contributed by atoms with van der Waals surface area (Å²) < 4.78 is 2.60. The van der Waals surface area contributed by atoms with Crippen molar-refractivity contribution in [2.45, 2.75) is 19.9 Å². The van der Waals surface area contributed by atoms with E-state index >= 15 is 0 Å². The molecule has 1 amide bonds. The number of anilines is 1. The number of nitrogens with one attached hydrogen (secondary N) is 1. The Morgan fingerprint density at radius 1 is 1.25 bits per heavy atom. The number of nitrogens with zero attached hydrogens (tertiary/aromatic N) is 2. The minimum atomic E-state index is -0.126. The Balaban J connectivity index is 1.70. The summed E-state index contributed by atoms with van der Waals surface area (Å²) in [7, 11) is 0. The van der Waals surface area contributed by atoms with Gasteiger partial charge in [0.15, 0.2) is 0 Å². The van der Waals surface area contributed by atoms with Crippen molar-refractivity contribution in [1.29, 1.82) is 0 Å². The lowest BCUT2D eigenvalue weighted by atomic mass is 10.2. The molecule has 0 saturated heterocycles. The lowest BCUT2D eigenvalue weighted by molar-refractivity contribution is -0.116. The molecule has 0 aliphatic heterocycles. The van der Waals surface area contributed by atoms with Gasteiger partial charge in [-0.1, -0.05) is 12.1 Å². The van der Waals surface area contributed by atoms with E-state index in [1.807, 2.05) is 37.3 Å². The van der Waals surface area contributed by atoms with Crippen LogP contribution in [-0.2, 0) is 11.3 Å². The fourth-order valence-electron chi connectivity index (χ4n) is 2.47. The average Bonchev–Trinajstić information content (AvgIpc) is 2.57. The second kappa shape index (κ2) is 7.12. The maximum absolute atomic E-state index is 12.4. The van der Waals surface area contributed by atoms with Gasteiger partial charge in [0.1, 0.15) is 0 Å². The quantitative estimate of drug-likeness (QED) is 0.643. The second-order valence-corrected chi connectivity index (χ2v) is 6.76. The molecule has 0 saturated carbocycles. The van der Waals surface area contributed by atoms with E-state index in [9.17, 15) is 9.59 Å². The maximum Gasteiger partial charge on any atom is 0.261 e. The van der Waals surface area contributed by atoms with Gasteiger partial charge in [-0.2, -0.15) is 0 Å². The standard InChI is InChI=1S/C18H16IN3O2/c1-12-10-13(19)6-7-15(12)21-17(23)8-9-22-11-20-16-5-3-2-4-14(16)18(22)24/h2-7,10-11H,8-9H2,1H3,(H,21,23). The van der Waals surface area contributed by atoms with Crippen LogP contribution in [0.2, 0.25) is 0 Å². The summed E-state index contributed by atoms with van der Waals surface area (Å²) in [6, 6.07) is 13.0. The predicted molar refractivity (Wildman–Crippen MR) is 103 cm³/mol. The van der Waals surface area contributed by atoms with Crippen molar-refractivity contribution in [1.82, 2.24) is 9.55 Å². The number of halogens is 1. The van der Waals surface area contributed by atoms with Gasteiger partial charge >= 0.3 is 0 Å². The molecule has 0 radical (unpaired) electrons. The van der Waals surface area contributed by atoms with Gasteiger partial charge in [-0.3, -0.25) is 14.2 Å². The van der Waals surface area contributed by atoms with Crippen LogP contribution < -0.4 is 10.9 Å². The lowest BCUT2D eigenvalue weighted by Crippen LogP contribution is -2.23. The molecule has 0 atom stereocenters. The van der Waals surface area contributed by atoms with E-state index in [0.717, 1.165) is 14.8 Å². The topological polar surface area (TPSA) is 64.0 Å². The van der Waals surface area contributed by atoms with E-state index in [1.54, 1.807) is 12.1 Å². The number of amides is 1. The molecule has 1 aromatic heterocycles. The highest BCUT2D eigenvalue weighted by atomic mass is 127. The molecule has 1 heterocycles. The number of carbonyl (C=O) groups excluding carboxylic acids is 1. The van der Waals surface area contributed by atoms with E-state index in [-0.39, 0.29) is 17.9 Å². The molecule has 3 aromatic rings. The summed E-state index contributed by atoms with van der Waals surface area (Å²) in [6.07, 6.45) is 1.71. The van der Waals surface area contributed by atoms with Crippen molar-refractivity contribution < 1.29 is 4.79 Å². The molecule has 1 N–H and O–H groups in total. The highest BCUT2D eigenvalue weighted by molar-refractivity contribution is 14.1. The molecular formula is C18H16IN3O2. The minimum absolute atomic E-state index is 0.126. The van der Waals surface area contributed by atoms with Crippen LogP contribution in [0, 0.1) is 10.5 Å². The highest BCUT2D eigenvalue weighted by Crippen LogP contribution is 2.17. The number of aryl methyl sites for hydroxylation is 2. The van der Waals surface area contributed by atoms with Gasteiger partial charge in [0.2, 0.25) is 5.91 Å². The first-order chi connectivity index (χ1) is 11.5. The number of aromatic nitrogens is 2. The Labute approximate surface area is 152 Å². The van der Waals surface area contributed by atoms with Crippen molar-refractivity contribution in [2.75, 3.05) is 5.32 Å². The number of carbonyl (C=O) groups is 1. The molecule has 24 heavy (non-hydrogen) atoms. The third kappa shape index (κ3) is 3.64. The van der Waals surface area contributed by atoms with Crippen LogP contribution in [0.5, 0.6) is 0 Å². The smallest absolute Gasteiger partial charge is 0.261 e. The molecule has 0 bridgehead atoms. The molecule has 3 rings (SSSR count). The van der Waals surface area contributed by atoms with E-state index in [1.165, 1.54) is 10.9 Å². The average molecular weight is 433 g/mol. The highest BCUT2D eigenvalue weighted by Gasteiger charge is 2.08. The zero-order valence-corrected chi connectivity index (χ0v) is 15.3. The van der Waals surface area contributed by atoms with E-state index in [4.69, 9.17) is 0 Å². The summed E-state index contributed by atoms with van der Waals surface area (Å²) in [5.74, 6) is -0.126. The van der Waals surface area contributed by atoms with Gasteiger partial charge in [-0.15, -0.1) is 0 Å². The van der Waals surface area contributed by atoms with Crippen molar-refractivity contribution in [3.63, 3.8) is 0 Å². The van der Waals surface area contributed by atoms with Crippen LogP contribution >= 0.6 is 22.6 Å². The SMILES string of the molecule is Cc1cc(I)ccc1NC(=O)CCn1cnc2ccccc2c1=O. The molecule has 5 nitrogen and oxygen atoms in total. The number of hydrogen-bond donors (Lipinski definition) is 1. The lowest BCUT2D eigenvalue weighted by Gasteiger charge is -2.10. The molecule has 0 aliphatic carbocycles. The van der Waals surface area contributed by atoms with Crippen LogP contribution in [0.25, 0.3) is 10.9 Å². The molecule has 122 valence electrons. The number of rotatable bonds is 4. The van der Waals surface area contributed by atoms with Gasteiger partial charge in [-0.25, -0.2) is 4.98 Å². The van der Waals surface area contributed by atoms with Crippen molar-refractivity contribution in [2.24, 2.45) is 0 Å². The number of hydrogen-bond acceptors (Lipinski definition) is 3. The molecule has 6 heteroatoms. The maximum atomic E-state index is 12.4. The summed E-state index contributed by atoms with van der Waals surface area (Å²) in [5, 5.41) is 3.45. The van der Waals surface area contributed by atoms with Crippen molar-refractivity contribution in [3.05, 3.63) is 68.3 Å². The van der Waals surface area contributed by atoms with Crippen molar-refractivity contribution in [3.8, 4) is 0 Å². The van der Waals surface area contributed by atoms with E-state index < -0.39 is 0 Å². The van der Waals surface area contributed by atoms with Gasteiger partial charge in [-0.05, 0) is 65.4 Å². The fraction of sp³-hybridized carbons (Fsp3) is 0.167. The zero-order chi connectivity index (χ0) is 17.1. The van der Waals surface area contributed by atoms with Crippen LogP contribution in [0.15, 0.2) is 53.6 Å². The Hall–Kier alpha value is -2.22. The van der Waals surface area contributed by atoms with Gasteiger partial charge in [0.05, 0.1) is 17.2 Å². The summed E-state index contributed by atoms with van der Waals surface area (Å²) in [6.45, 7) is 2.25. The molecule has 2 aromatic carbocycles. The number of fused-ring (bicyclic) bond motifs is 1. The van der Waals surface area contributed by atoms with Crippen molar-refractivity contribution >= 4 is 45.1 Å². The molecule has 0 spiro atoms. The Morgan fingerprint density at radius 3 is 2.83 bits per heavy atom. The van der Waals surface area contributed by atoms with Gasteiger partial charge in [0.25, 0.3) is 5.56 Å². The third-order valence-electron chi connectivity index (χ3n) is 3.77. The minimum Gasteiger partial charge on any atom is -0.326 e. The Morgan fingerprint density at radius 2 is 2.04 bits per heavy atom. The zero-order valence-electron chi connectivity index (χ0n) is 13.1. The number of para-hydroxylation sites is 1. The van der Waals surface area contributed by atoms with E-state index in [2.05, 4.69) is 32.9 Å². The second-order valence-electron chi connectivity index (χ2n) is 5.52.